The van der Waals surface area contributed by atoms with Crippen molar-refractivity contribution in [2.24, 2.45) is 0 Å². The van der Waals surface area contributed by atoms with Crippen LogP contribution >= 0.6 is 11.3 Å². The quantitative estimate of drug-likeness (QED) is 0.228. The highest BCUT2D eigenvalue weighted by Gasteiger charge is 2.26. The number of carbonyl (C=O) groups excluding carboxylic acids is 2. The third-order valence-electron chi connectivity index (χ3n) is 7.24. The average Bonchev–Trinajstić information content (AvgIpc) is 3.63. The van der Waals surface area contributed by atoms with Crippen LogP contribution in [0.1, 0.15) is 46.7 Å². The summed E-state index contributed by atoms with van der Waals surface area (Å²) in [4.78, 5) is 38.1. The van der Waals surface area contributed by atoms with Gasteiger partial charge in [0, 0.05) is 63.4 Å². The van der Waals surface area contributed by atoms with Gasteiger partial charge in [0.05, 0.1) is 11.1 Å². The third kappa shape index (κ3) is 5.44. The summed E-state index contributed by atoms with van der Waals surface area (Å²) >= 11 is 1.69. The number of amides is 2. The van der Waals surface area contributed by atoms with Crippen LogP contribution in [0.5, 0.6) is 0 Å². The number of fused-ring (bicyclic) bond motifs is 1. The van der Waals surface area contributed by atoms with Gasteiger partial charge < -0.3 is 20.5 Å². The first-order valence-corrected chi connectivity index (χ1v) is 14.1. The fourth-order valence-electron chi connectivity index (χ4n) is 5.00. The van der Waals surface area contributed by atoms with Crippen molar-refractivity contribution >= 4 is 40.5 Å². The summed E-state index contributed by atoms with van der Waals surface area (Å²) in [5, 5.41) is 6.03. The van der Waals surface area contributed by atoms with Gasteiger partial charge in [0.15, 0.2) is 0 Å². The number of rotatable bonds is 9. The molecule has 0 atom stereocenters. The summed E-state index contributed by atoms with van der Waals surface area (Å²) in [7, 11) is 0. The van der Waals surface area contributed by atoms with Crippen molar-refractivity contribution in [3.8, 4) is 20.9 Å². The SMILES string of the molecule is CCN(CC)CCNC(=O)c1c(C)[nH]c(C=C2C(=O)Nc3ccc(-c4ccc(-c5cccnc5)s4)cc32)c1C. The lowest BCUT2D eigenvalue weighted by atomic mass is 10.0. The lowest BCUT2D eigenvalue weighted by molar-refractivity contribution is -0.110. The molecular weight excluding hydrogens is 506 g/mol. The van der Waals surface area contributed by atoms with E-state index in [1.54, 1.807) is 17.5 Å². The van der Waals surface area contributed by atoms with E-state index in [0.717, 1.165) is 68.7 Å². The Labute approximate surface area is 233 Å². The molecule has 5 rings (SSSR count). The molecule has 3 N–H and O–H groups in total. The molecule has 39 heavy (non-hydrogen) atoms. The first kappa shape index (κ1) is 26.6. The van der Waals surface area contributed by atoms with Crippen molar-refractivity contribution in [2.75, 3.05) is 31.5 Å². The number of likely N-dealkylation sites (N-methyl/N-ethyl adjacent to an activating group) is 1. The zero-order chi connectivity index (χ0) is 27.5. The summed E-state index contributed by atoms with van der Waals surface area (Å²) in [5.74, 6) is -0.250. The lowest BCUT2D eigenvalue weighted by Gasteiger charge is -2.18. The van der Waals surface area contributed by atoms with Crippen LogP contribution in [0.4, 0.5) is 5.69 Å². The van der Waals surface area contributed by atoms with Crippen LogP contribution in [0, 0.1) is 13.8 Å². The van der Waals surface area contributed by atoms with Gasteiger partial charge in [-0.3, -0.25) is 14.6 Å². The van der Waals surface area contributed by atoms with E-state index in [1.165, 1.54) is 0 Å². The molecule has 0 fully saturated rings. The number of anilines is 1. The minimum Gasteiger partial charge on any atom is -0.358 e. The van der Waals surface area contributed by atoms with Crippen molar-refractivity contribution in [1.82, 2.24) is 20.2 Å². The molecular formula is C31H33N5O2S. The van der Waals surface area contributed by atoms with Crippen molar-refractivity contribution in [3.05, 3.63) is 82.9 Å². The van der Waals surface area contributed by atoms with Gasteiger partial charge in [-0.2, -0.15) is 0 Å². The Hall–Kier alpha value is -4.01. The maximum Gasteiger partial charge on any atom is 0.256 e. The van der Waals surface area contributed by atoms with Gasteiger partial charge in [0.25, 0.3) is 11.8 Å². The predicted octanol–water partition coefficient (Wildman–Crippen LogP) is 5.99. The summed E-state index contributed by atoms with van der Waals surface area (Å²) in [6.07, 6.45) is 5.49. The normalized spacial score (nSPS) is 13.7. The molecule has 3 aromatic heterocycles. The summed E-state index contributed by atoms with van der Waals surface area (Å²) in [6, 6.07) is 14.2. The number of nitrogens with one attached hydrogen (secondary N) is 3. The highest BCUT2D eigenvalue weighted by atomic mass is 32.1. The average molecular weight is 540 g/mol. The van der Waals surface area contributed by atoms with Gasteiger partial charge in [0.2, 0.25) is 0 Å². The summed E-state index contributed by atoms with van der Waals surface area (Å²) < 4.78 is 0. The topological polar surface area (TPSA) is 90.1 Å². The molecule has 2 amide bonds. The van der Waals surface area contributed by atoms with Gasteiger partial charge in [-0.15, -0.1) is 11.3 Å². The number of aromatic amines is 1. The van der Waals surface area contributed by atoms with Crippen LogP contribution < -0.4 is 10.6 Å². The number of thiophene rings is 1. The van der Waals surface area contributed by atoms with Crippen molar-refractivity contribution in [2.45, 2.75) is 27.7 Å². The van der Waals surface area contributed by atoms with E-state index in [1.807, 2.05) is 44.3 Å². The number of nitrogens with zero attached hydrogens (tertiary/aromatic N) is 2. The van der Waals surface area contributed by atoms with E-state index >= 15 is 0 Å². The van der Waals surface area contributed by atoms with Crippen LogP contribution in [0.25, 0.3) is 32.5 Å². The molecule has 0 saturated carbocycles. The maximum absolute atomic E-state index is 13.0. The molecule has 0 unspecified atom stereocenters. The van der Waals surface area contributed by atoms with E-state index in [-0.39, 0.29) is 11.8 Å². The number of aromatic nitrogens is 2. The smallest absolute Gasteiger partial charge is 0.256 e. The van der Waals surface area contributed by atoms with Gasteiger partial charge in [0.1, 0.15) is 0 Å². The molecule has 1 aromatic carbocycles. The monoisotopic (exact) mass is 539 g/mol. The number of pyridine rings is 1. The Balaban J connectivity index is 1.41. The number of carbonyl (C=O) groups is 2. The molecule has 8 heteroatoms. The molecule has 4 aromatic rings. The predicted molar refractivity (Wildman–Crippen MR) is 160 cm³/mol. The molecule has 0 radical (unpaired) electrons. The molecule has 1 aliphatic rings. The van der Waals surface area contributed by atoms with Crippen LogP contribution in [-0.2, 0) is 4.79 Å². The van der Waals surface area contributed by atoms with E-state index in [9.17, 15) is 9.59 Å². The first-order chi connectivity index (χ1) is 18.9. The number of H-pyrrole nitrogens is 1. The van der Waals surface area contributed by atoms with Gasteiger partial charge in [-0.05, 0) is 74.5 Å². The third-order valence-corrected chi connectivity index (χ3v) is 8.42. The number of aryl methyl sites for hydroxylation is 1. The Morgan fingerprint density at radius 2 is 1.85 bits per heavy atom. The van der Waals surface area contributed by atoms with Crippen LogP contribution in [0.2, 0.25) is 0 Å². The standard InChI is InChI=1S/C31H33N5O2S/c1-5-36(6-2)15-14-33-31(38)29-19(3)26(34-20(29)4)17-24-23-16-21(9-10-25(23)35-30(24)37)27-11-12-28(39-27)22-8-7-13-32-18-22/h7-13,16-18,34H,5-6,14-15H2,1-4H3,(H,33,38)(H,35,37). The van der Waals surface area contributed by atoms with Gasteiger partial charge in [-0.1, -0.05) is 26.0 Å². The van der Waals surface area contributed by atoms with Crippen molar-refractivity contribution in [3.63, 3.8) is 0 Å². The minimum atomic E-state index is -0.152. The lowest BCUT2D eigenvalue weighted by Crippen LogP contribution is -2.35. The van der Waals surface area contributed by atoms with Crippen molar-refractivity contribution in [1.29, 1.82) is 0 Å². The van der Waals surface area contributed by atoms with E-state index < -0.39 is 0 Å². The van der Waals surface area contributed by atoms with E-state index in [4.69, 9.17) is 0 Å². The number of hydrogen-bond acceptors (Lipinski definition) is 5. The molecule has 4 heterocycles. The van der Waals surface area contributed by atoms with Crippen LogP contribution in [-0.4, -0.2) is 52.9 Å². The Kier molecular flexibility index (Phi) is 7.77. The maximum atomic E-state index is 13.0. The second-order valence-corrected chi connectivity index (χ2v) is 10.7. The summed E-state index contributed by atoms with van der Waals surface area (Å²) in [5.41, 5.74) is 7.36. The highest BCUT2D eigenvalue weighted by molar-refractivity contribution is 7.18. The molecule has 0 aliphatic carbocycles. The minimum absolute atomic E-state index is 0.0984. The second-order valence-electron chi connectivity index (χ2n) is 9.62. The zero-order valence-electron chi connectivity index (χ0n) is 22.7. The molecule has 200 valence electrons. The highest BCUT2D eigenvalue weighted by Crippen LogP contribution is 2.40. The second kappa shape index (κ2) is 11.4. The molecule has 0 bridgehead atoms. The van der Waals surface area contributed by atoms with Crippen LogP contribution in [0.15, 0.2) is 54.9 Å². The van der Waals surface area contributed by atoms with Crippen molar-refractivity contribution < 1.29 is 9.59 Å². The van der Waals surface area contributed by atoms with Crippen LogP contribution in [0.3, 0.4) is 0 Å². The first-order valence-electron chi connectivity index (χ1n) is 13.3. The number of hydrogen-bond donors (Lipinski definition) is 3. The van der Waals surface area contributed by atoms with E-state index in [2.05, 4.69) is 63.6 Å². The molecule has 1 aliphatic heterocycles. The van der Waals surface area contributed by atoms with Gasteiger partial charge >= 0.3 is 0 Å². The number of benzene rings is 1. The van der Waals surface area contributed by atoms with E-state index in [0.29, 0.717) is 17.7 Å². The Morgan fingerprint density at radius 3 is 2.56 bits per heavy atom. The fraction of sp³-hybridized carbons (Fsp3) is 0.258. The zero-order valence-corrected chi connectivity index (χ0v) is 23.5. The van der Waals surface area contributed by atoms with Gasteiger partial charge in [-0.25, -0.2) is 0 Å². The summed E-state index contributed by atoms with van der Waals surface area (Å²) in [6.45, 7) is 11.4. The fourth-order valence-corrected chi connectivity index (χ4v) is 5.99. The molecule has 0 spiro atoms. The molecule has 0 saturated heterocycles. The largest absolute Gasteiger partial charge is 0.358 e. The Bertz CT molecular complexity index is 1550. The molecule has 7 nitrogen and oxygen atoms in total. The Morgan fingerprint density at radius 1 is 1.08 bits per heavy atom.